The summed E-state index contributed by atoms with van der Waals surface area (Å²) in [5.41, 5.74) is 2.77. The maximum atomic E-state index is 11.6. The van der Waals surface area contributed by atoms with E-state index in [9.17, 15) is 4.79 Å². The number of halogens is 1. The van der Waals surface area contributed by atoms with E-state index < -0.39 is 0 Å². The minimum absolute atomic E-state index is 0. The van der Waals surface area contributed by atoms with E-state index in [2.05, 4.69) is 11.1 Å². The predicted molar refractivity (Wildman–Crippen MR) is 91.0 cm³/mol. The molecule has 0 aliphatic heterocycles. The van der Waals surface area contributed by atoms with E-state index in [1.165, 1.54) is 11.3 Å². The number of ketones is 1. The third kappa shape index (κ3) is 3.85. The standard InChI is InChI=1S/C16H17N3OS.ClH/c1-4-19-11(2)15(12(3)20)21-16(19)18-14-7-5-13(6-8-14)9-10-17;/h5-8H,4,9H2,1-3H3;1H/b18-16+;. The number of thiazole rings is 1. The van der Waals surface area contributed by atoms with Crippen molar-refractivity contribution in [3.8, 4) is 6.07 Å². The quantitative estimate of drug-likeness (QED) is 0.798. The first-order valence-corrected chi connectivity index (χ1v) is 7.60. The fraction of sp³-hybridized carbons (Fsp3) is 0.312. The first-order chi connectivity index (χ1) is 10.1. The average Bonchev–Trinajstić information content (AvgIpc) is 2.77. The molecule has 0 N–H and O–H groups in total. The van der Waals surface area contributed by atoms with E-state index in [4.69, 9.17) is 5.26 Å². The SMILES string of the molecule is CCn1c(C)c(C(C)=O)s/c1=N/c1ccc(CC#N)cc1.Cl. The molecule has 2 aromatic rings. The van der Waals surface area contributed by atoms with E-state index in [1.807, 2.05) is 42.7 Å². The van der Waals surface area contributed by atoms with Crippen LogP contribution in [0.2, 0.25) is 0 Å². The van der Waals surface area contributed by atoms with Crippen molar-refractivity contribution < 1.29 is 4.79 Å². The third-order valence-corrected chi connectivity index (χ3v) is 4.52. The second-order valence-corrected chi connectivity index (χ2v) is 5.69. The van der Waals surface area contributed by atoms with Gasteiger partial charge in [0.1, 0.15) is 0 Å². The van der Waals surface area contributed by atoms with Gasteiger partial charge >= 0.3 is 0 Å². The molecule has 116 valence electrons. The van der Waals surface area contributed by atoms with E-state index in [0.29, 0.717) is 6.42 Å². The van der Waals surface area contributed by atoms with Gasteiger partial charge in [-0.05, 0) is 31.5 Å². The Balaban J connectivity index is 0.00000242. The van der Waals surface area contributed by atoms with Gasteiger partial charge in [0.2, 0.25) is 0 Å². The molecule has 1 heterocycles. The summed E-state index contributed by atoms with van der Waals surface area (Å²) in [5, 5.41) is 8.67. The van der Waals surface area contributed by atoms with Gasteiger partial charge in [-0.25, -0.2) is 4.99 Å². The third-order valence-electron chi connectivity index (χ3n) is 3.24. The largest absolute Gasteiger partial charge is 0.321 e. The molecule has 0 fully saturated rings. The maximum Gasteiger partial charge on any atom is 0.190 e. The fourth-order valence-electron chi connectivity index (χ4n) is 2.16. The first kappa shape index (κ1) is 18.1. The Kier molecular flexibility index (Phi) is 6.54. The van der Waals surface area contributed by atoms with Gasteiger partial charge in [0.15, 0.2) is 10.6 Å². The summed E-state index contributed by atoms with van der Waals surface area (Å²) in [5.74, 6) is 0.0746. The van der Waals surface area contributed by atoms with Crippen LogP contribution < -0.4 is 4.80 Å². The summed E-state index contributed by atoms with van der Waals surface area (Å²) >= 11 is 1.42. The van der Waals surface area contributed by atoms with Crippen LogP contribution in [0.4, 0.5) is 5.69 Å². The van der Waals surface area contributed by atoms with Crippen molar-refractivity contribution in [3.63, 3.8) is 0 Å². The zero-order chi connectivity index (χ0) is 15.4. The summed E-state index contributed by atoms with van der Waals surface area (Å²) in [6, 6.07) is 9.74. The Morgan fingerprint density at radius 3 is 2.50 bits per heavy atom. The molecule has 0 aliphatic rings. The first-order valence-electron chi connectivity index (χ1n) is 6.78. The second-order valence-electron chi connectivity index (χ2n) is 4.71. The molecule has 1 aromatic heterocycles. The van der Waals surface area contributed by atoms with Crippen LogP contribution in [0.1, 0.15) is 34.8 Å². The molecule has 0 atom stereocenters. The molecule has 0 bridgehead atoms. The molecule has 0 amide bonds. The van der Waals surface area contributed by atoms with Crippen LogP contribution in [0.3, 0.4) is 0 Å². The van der Waals surface area contributed by atoms with E-state index >= 15 is 0 Å². The van der Waals surface area contributed by atoms with E-state index in [-0.39, 0.29) is 18.2 Å². The van der Waals surface area contributed by atoms with Gasteiger partial charge in [-0.1, -0.05) is 23.5 Å². The van der Waals surface area contributed by atoms with Crippen molar-refractivity contribution >= 4 is 35.2 Å². The Morgan fingerprint density at radius 1 is 1.36 bits per heavy atom. The van der Waals surface area contributed by atoms with Gasteiger partial charge in [-0.3, -0.25) is 4.79 Å². The normalized spacial score (nSPS) is 10.9. The number of nitriles is 1. The maximum absolute atomic E-state index is 11.6. The zero-order valence-electron chi connectivity index (χ0n) is 12.8. The van der Waals surface area contributed by atoms with Gasteiger partial charge in [0, 0.05) is 19.2 Å². The summed E-state index contributed by atoms with van der Waals surface area (Å²) in [6.07, 6.45) is 0.405. The van der Waals surface area contributed by atoms with Crippen LogP contribution in [0.5, 0.6) is 0 Å². The molecule has 6 heteroatoms. The van der Waals surface area contributed by atoms with Crippen molar-refractivity contribution in [3.05, 3.63) is 45.2 Å². The summed E-state index contributed by atoms with van der Waals surface area (Å²) in [4.78, 5) is 17.9. The van der Waals surface area contributed by atoms with Crippen LogP contribution in [-0.4, -0.2) is 10.4 Å². The second kappa shape index (κ2) is 7.92. The van der Waals surface area contributed by atoms with Crippen LogP contribution >= 0.6 is 23.7 Å². The van der Waals surface area contributed by atoms with Crippen LogP contribution in [0.15, 0.2) is 29.3 Å². The lowest BCUT2D eigenvalue weighted by atomic mass is 10.1. The molecular formula is C16H18ClN3OS. The molecule has 0 unspecified atom stereocenters. The topological polar surface area (TPSA) is 58.1 Å². The molecule has 22 heavy (non-hydrogen) atoms. The smallest absolute Gasteiger partial charge is 0.190 e. The lowest BCUT2D eigenvalue weighted by Gasteiger charge is -2.01. The van der Waals surface area contributed by atoms with Crippen LogP contribution in [0.25, 0.3) is 0 Å². The number of carbonyl (C=O) groups is 1. The minimum Gasteiger partial charge on any atom is -0.321 e. The van der Waals surface area contributed by atoms with Crippen molar-refractivity contribution in [2.45, 2.75) is 33.7 Å². The predicted octanol–water partition coefficient (Wildman–Crippen LogP) is 3.80. The number of hydrogen-bond acceptors (Lipinski definition) is 4. The van der Waals surface area contributed by atoms with E-state index in [0.717, 1.165) is 33.2 Å². The number of hydrogen-bond donors (Lipinski definition) is 0. The van der Waals surface area contributed by atoms with Crippen molar-refractivity contribution in [1.29, 1.82) is 5.26 Å². The lowest BCUT2D eigenvalue weighted by molar-refractivity contribution is 0.102. The van der Waals surface area contributed by atoms with Gasteiger partial charge < -0.3 is 4.57 Å². The van der Waals surface area contributed by atoms with Gasteiger partial charge in [-0.2, -0.15) is 5.26 Å². The van der Waals surface area contributed by atoms with Crippen LogP contribution in [-0.2, 0) is 13.0 Å². The minimum atomic E-state index is 0. The van der Waals surface area contributed by atoms with Crippen molar-refractivity contribution in [2.24, 2.45) is 4.99 Å². The summed E-state index contributed by atoms with van der Waals surface area (Å²) in [7, 11) is 0. The highest BCUT2D eigenvalue weighted by atomic mass is 35.5. The number of aromatic nitrogens is 1. The molecule has 2 rings (SSSR count). The molecule has 1 aromatic carbocycles. The summed E-state index contributed by atoms with van der Waals surface area (Å²) < 4.78 is 2.05. The van der Waals surface area contributed by atoms with E-state index in [1.54, 1.807) is 6.92 Å². The fourth-order valence-corrected chi connectivity index (χ4v) is 3.27. The highest BCUT2D eigenvalue weighted by Crippen LogP contribution is 2.16. The van der Waals surface area contributed by atoms with Crippen molar-refractivity contribution in [1.82, 2.24) is 4.57 Å². The van der Waals surface area contributed by atoms with Gasteiger partial charge in [0.25, 0.3) is 0 Å². The number of Topliss-reactive ketones (excluding diaryl/α,β-unsaturated/α-hetero) is 1. The molecule has 0 saturated heterocycles. The highest BCUT2D eigenvalue weighted by Gasteiger charge is 2.12. The Bertz CT molecular complexity index is 766. The monoisotopic (exact) mass is 335 g/mol. The molecular weight excluding hydrogens is 318 g/mol. The Hall–Kier alpha value is -1.90. The zero-order valence-corrected chi connectivity index (χ0v) is 14.4. The molecule has 0 saturated carbocycles. The van der Waals surface area contributed by atoms with Gasteiger partial charge in [0.05, 0.1) is 23.1 Å². The number of carbonyl (C=O) groups excluding carboxylic acids is 1. The van der Waals surface area contributed by atoms with Crippen LogP contribution in [0, 0.1) is 18.3 Å². The molecule has 4 nitrogen and oxygen atoms in total. The Labute approximate surface area is 140 Å². The van der Waals surface area contributed by atoms with Gasteiger partial charge in [-0.15, -0.1) is 12.4 Å². The Morgan fingerprint density at radius 2 is 2.00 bits per heavy atom. The number of rotatable bonds is 4. The number of benzene rings is 1. The lowest BCUT2D eigenvalue weighted by Crippen LogP contribution is -2.14. The molecule has 0 spiro atoms. The molecule has 0 radical (unpaired) electrons. The summed E-state index contributed by atoms with van der Waals surface area (Å²) in [6.45, 7) is 6.35. The average molecular weight is 336 g/mol. The number of nitrogens with zero attached hydrogens (tertiary/aromatic N) is 3. The van der Waals surface area contributed by atoms with Crippen molar-refractivity contribution in [2.75, 3.05) is 0 Å². The molecule has 0 aliphatic carbocycles. The highest BCUT2D eigenvalue weighted by molar-refractivity contribution is 7.11.